The van der Waals surface area contributed by atoms with Crippen molar-refractivity contribution in [2.75, 3.05) is 4.31 Å². The molecule has 0 aliphatic heterocycles. The summed E-state index contributed by atoms with van der Waals surface area (Å²) in [5, 5.41) is 0. The van der Waals surface area contributed by atoms with E-state index in [1.54, 1.807) is 43.3 Å². The molecule has 0 fully saturated rings. The molecule has 1 amide bonds. The van der Waals surface area contributed by atoms with Crippen molar-refractivity contribution in [1.29, 1.82) is 0 Å². The third-order valence-corrected chi connectivity index (χ3v) is 5.24. The van der Waals surface area contributed by atoms with Crippen LogP contribution in [0, 0.1) is 6.92 Å². The number of sulfonamides is 1. The Bertz CT molecular complexity index is 896. The molecular formula is C19H19NO3S. The van der Waals surface area contributed by atoms with Crippen molar-refractivity contribution in [3.63, 3.8) is 0 Å². The quantitative estimate of drug-likeness (QED) is 0.774. The Kier molecular flexibility index (Phi) is 5.04. The summed E-state index contributed by atoms with van der Waals surface area (Å²) in [6.07, 6.45) is 0.987. The lowest BCUT2D eigenvalue weighted by atomic mass is 10.1. The van der Waals surface area contributed by atoms with Gasteiger partial charge in [-0.2, -0.15) is 4.31 Å². The van der Waals surface area contributed by atoms with E-state index >= 15 is 0 Å². The molecule has 0 bridgehead atoms. The molecule has 0 aliphatic rings. The molecule has 0 heterocycles. The summed E-state index contributed by atoms with van der Waals surface area (Å²) < 4.78 is 26.9. The van der Waals surface area contributed by atoms with E-state index in [4.69, 9.17) is 0 Å². The van der Waals surface area contributed by atoms with Crippen molar-refractivity contribution in [1.82, 2.24) is 0 Å². The Hall–Kier alpha value is -2.66. The van der Waals surface area contributed by atoms with Gasteiger partial charge in [0.15, 0.2) is 0 Å². The maximum Gasteiger partial charge on any atom is 0.271 e. The zero-order chi connectivity index (χ0) is 17.9. The fraction of sp³-hybridized carbons (Fsp3) is 0.105. The highest BCUT2D eigenvalue weighted by Gasteiger charge is 2.31. The van der Waals surface area contributed by atoms with Crippen LogP contribution in [-0.2, 0) is 14.8 Å². The number of anilines is 1. The molecule has 0 saturated heterocycles. The summed E-state index contributed by atoms with van der Waals surface area (Å²) >= 11 is 0. The number of para-hydroxylation sites is 1. The molecule has 0 aromatic heterocycles. The number of aryl methyl sites for hydroxylation is 1. The lowest BCUT2D eigenvalue weighted by Gasteiger charge is -2.24. The molecule has 0 aliphatic carbocycles. The van der Waals surface area contributed by atoms with E-state index in [0.717, 1.165) is 15.9 Å². The highest BCUT2D eigenvalue weighted by molar-refractivity contribution is 7.93. The largest absolute Gasteiger partial charge is 0.271 e. The lowest BCUT2D eigenvalue weighted by Crippen LogP contribution is -2.36. The fourth-order valence-electron chi connectivity index (χ4n) is 2.28. The maximum absolute atomic E-state index is 13.0. The van der Waals surface area contributed by atoms with Gasteiger partial charge in [0.25, 0.3) is 15.9 Å². The van der Waals surface area contributed by atoms with Gasteiger partial charge in [-0.15, -0.1) is 0 Å². The average molecular weight is 341 g/mol. The second-order valence-corrected chi connectivity index (χ2v) is 7.21. The van der Waals surface area contributed by atoms with Crippen LogP contribution in [0.15, 0.2) is 72.7 Å². The molecule has 124 valence electrons. The minimum atomic E-state index is -4.07. The molecule has 24 heavy (non-hydrogen) atoms. The topological polar surface area (TPSA) is 54.5 Å². The Morgan fingerprint density at radius 3 is 2.21 bits per heavy atom. The fourth-order valence-corrected chi connectivity index (χ4v) is 3.70. The van der Waals surface area contributed by atoms with Crippen LogP contribution in [0.4, 0.5) is 5.69 Å². The SMILES string of the molecule is C=CC(=O)N(c1ccccc1C(=C)C)S(=O)(=O)c1ccc(C)cc1. The van der Waals surface area contributed by atoms with Gasteiger partial charge in [-0.25, -0.2) is 8.42 Å². The van der Waals surface area contributed by atoms with E-state index in [1.807, 2.05) is 6.92 Å². The van der Waals surface area contributed by atoms with Crippen molar-refractivity contribution >= 4 is 27.2 Å². The minimum absolute atomic E-state index is 0.0415. The first kappa shape index (κ1) is 17.7. The van der Waals surface area contributed by atoms with E-state index in [1.165, 1.54) is 12.1 Å². The van der Waals surface area contributed by atoms with E-state index in [2.05, 4.69) is 13.2 Å². The summed E-state index contributed by atoms with van der Waals surface area (Å²) in [5.41, 5.74) is 2.43. The van der Waals surface area contributed by atoms with Gasteiger partial charge in [0.05, 0.1) is 10.6 Å². The van der Waals surface area contributed by atoms with E-state index < -0.39 is 15.9 Å². The molecule has 0 saturated carbocycles. The average Bonchev–Trinajstić information content (AvgIpc) is 2.55. The zero-order valence-electron chi connectivity index (χ0n) is 13.7. The van der Waals surface area contributed by atoms with Crippen LogP contribution in [0.2, 0.25) is 0 Å². The molecule has 0 radical (unpaired) electrons. The van der Waals surface area contributed by atoms with E-state index in [-0.39, 0.29) is 10.6 Å². The number of carbonyl (C=O) groups excluding carboxylic acids is 1. The smallest absolute Gasteiger partial charge is 0.268 e. The van der Waals surface area contributed by atoms with Gasteiger partial charge in [0, 0.05) is 5.56 Å². The number of carbonyl (C=O) groups is 1. The molecule has 4 nitrogen and oxygen atoms in total. The molecule has 2 aromatic rings. The van der Waals surface area contributed by atoms with E-state index in [9.17, 15) is 13.2 Å². The van der Waals surface area contributed by atoms with Gasteiger partial charge < -0.3 is 0 Å². The van der Waals surface area contributed by atoms with Crippen molar-refractivity contribution < 1.29 is 13.2 Å². The third kappa shape index (κ3) is 3.31. The second-order valence-electron chi connectivity index (χ2n) is 5.42. The van der Waals surface area contributed by atoms with Gasteiger partial charge in [0.2, 0.25) is 0 Å². The first-order valence-corrected chi connectivity index (χ1v) is 8.76. The number of allylic oxidation sites excluding steroid dienone is 1. The van der Waals surface area contributed by atoms with Crippen LogP contribution >= 0.6 is 0 Å². The van der Waals surface area contributed by atoms with Crippen molar-refractivity contribution in [3.8, 4) is 0 Å². The standard InChI is InChI=1S/C19H19NO3S/c1-5-19(21)20(18-9-7-6-8-17(18)14(2)3)24(22,23)16-12-10-15(4)11-13-16/h5-13H,1-2H2,3-4H3. The Balaban J connectivity index is 2.71. The summed E-state index contributed by atoms with van der Waals surface area (Å²) in [7, 11) is -4.07. The van der Waals surface area contributed by atoms with Gasteiger partial charge >= 0.3 is 0 Å². The van der Waals surface area contributed by atoms with E-state index in [0.29, 0.717) is 11.1 Å². The molecule has 2 aromatic carbocycles. The first-order valence-electron chi connectivity index (χ1n) is 7.32. The number of rotatable bonds is 5. The Morgan fingerprint density at radius 2 is 1.67 bits per heavy atom. The third-order valence-electron chi connectivity index (χ3n) is 3.52. The van der Waals surface area contributed by atoms with Crippen LogP contribution in [0.25, 0.3) is 5.57 Å². The van der Waals surface area contributed by atoms with Crippen LogP contribution in [-0.4, -0.2) is 14.3 Å². The molecule has 0 unspecified atom stereocenters. The summed E-state index contributed by atoms with van der Waals surface area (Å²) in [6.45, 7) is 10.9. The molecular weight excluding hydrogens is 322 g/mol. The number of amides is 1. The monoisotopic (exact) mass is 341 g/mol. The van der Waals surface area contributed by atoms with Gasteiger partial charge in [-0.1, -0.05) is 49.1 Å². The highest BCUT2D eigenvalue weighted by atomic mass is 32.2. The molecule has 0 atom stereocenters. The Morgan fingerprint density at radius 1 is 1.08 bits per heavy atom. The van der Waals surface area contributed by atoms with Gasteiger partial charge in [-0.3, -0.25) is 4.79 Å². The maximum atomic E-state index is 13.0. The predicted octanol–water partition coefficient (Wildman–Crippen LogP) is 3.94. The normalized spacial score (nSPS) is 10.9. The molecule has 0 N–H and O–H groups in total. The summed E-state index contributed by atoms with van der Waals surface area (Å²) in [4.78, 5) is 12.4. The minimum Gasteiger partial charge on any atom is -0.268 e. The van der Waals surface area contributed by atoms with Gasteiger partial charge in [-0.05, 0) is 43.7 Å². The number of hydrogen-bond donors (Lipinski definition) is 0. The van der Waals surface area contributed by atoms with Gasteiger partial charge in [0.1, 0.15) is 0 Å². The summed E-state index contributed by atoms with van der Waals surface area (Å²) in [5.74, 6) is -0.718. The number of hydrogen-bond acceptors (Lipinski definition) is 3. The lowest BCUT2D eigenvalue weighted by molar-refractivity contribution is -0.113. The molecule has 0 spiro atoms. The van der Waals surface area contributed by atoms with Crippen LogP contribution in [0.5, 0.6) is 0 Å². The summed E-state index contributed by atoms with van der Waals surface area (Å²) in [6, 6.07) is 13.1. The van der Waals surface area contributed by atoms with Crippen molar-refractivity contribution in [3.05, 3.63) is 78.9 Å². The van der Waals surface area contributed by atoms with Crippen LogP contribution in [0.1, 0.15) is 18.1 Å². The zero-order valence-corrected chi connectivity index (χ0v) is 14.5. The number of nitrogens with zero attached hydrogens (tertiary/aromatic N) is 1. The van der Waals surface area contributed by atoms with Crippen molar-refractivity contribution in [2.45, 2.75) is 18.7 Å². The van der Waals surface area contributed by atoms with Crippen LogP contribution < -0.4 is 4.31 Å². The first-order chi connectivity index (χ1) is 11.3. The number of benzene rings is 2. The van der Waals surface area contributed by atoms with Crippen molar-refractivity contribution in [2.24, 2.45) is 0 Å². The molecule has 2 rings (SSSR count). The highest BCUT2D eigenvalue weighted by Crippen LogP contribution is 2.31. The Labute approximate surface area is 142 Å². The second kappa shape index (κ2) is 6.84. The predicted molar refractivity (Wildman–Crippen MR) is 97.2 cm³/mol. The van der Waals surface area contributed by atoms with Crippen LogP contribution in [0.3, 0.4) is 0 Å². The molecule has 5 heteroatoms.